The van der Waals surface area contributed by atoms with Crippen LogP contribution in [0.5, 0.6) is 0 Å². The van der Waals surface area contributed by atoms with Gasteiger partial charge in [0.1, 0.15) is 12.7 Å². The highest BCUT2D eigenvalue weighted by Crippen LogP contribution is 2.43. The van der Waals surface area contributed by atoms with Crippen LogP contribution in [0.2, 0.25) is 0 Å². The van der Waals surface area contributed by atoms with Crippen LogP contribution < -0.4 is 0 Å². The monoisotopic (exact) mass is 654 g/mol. The third-order valence-electron chi connectivity index (χ3n) is 7.05. The quantitative estimate of drug-likeness (QED) is 0.0365. The zero-order chi connectivity index (χ0) is 32.9. The molecule has 0 aromatic heterocycles. The van der Waals surface area contributed by atoms with E-state index in [1.165, 1.54) is 57.8 Å². The number of aliphatic carboxylic acids is 1. The Hall–Kier alpha value is -1.56. The molecular formula is C31H59O12P. The number of aliphatic hydroxyl groups excluding tert-OH is 2. The molecule has 0 radical (unpaired) electrons. The summed E-state index contributed by atoms with van der Waals surface area (Å²) in [6, 6.07) is 0. The summed E-state index contributed by atoms with van der Waals surface area (Å²) < 4.78 is 32.2. The van der Waals surface area contributed by atoms with E-state index < -0.39 is 57.8 Å². The summed E-state index contributed by atoms with van der Waals surface area (Å²) in [6.45, 7) is -0.0392. The average molecular weight is 655 g/mol. The minimum Gasteiger partial charge on any atom is -0.481 e. The average Bonchev–Trinajstić information content (AvgIpc) is 2.99. The molecule has 0 amide bonds. The van der Waals surface area contributed by atoms with Gasteiger partial charge in [-0.25, -0.2) is 4.57 Å². The van der Waals surface area contributed by atoms with Gasteiger partial charge in [0.25, 0.3) is 0 Å². The highest BCUT2D eigenvalue weighted by molar-refractivity contribution is 7.47. The first-order valence-corrected chi connectivity index (χ1v) is 18.1. The molecule has 1 unspecified atom stereocenters. The molecular weight excluding hydrogens is 595 g/mol. The lowest BCUT2D eigenvalue weighted by molar-refractivity contribution is -0.161. The van der Waals surface area contributed by atoms with E-state index >= 15 is 0 Å². The Morgan fingerprint density at radius 2 is 1.07 bits per heavy atom. The number of phosphoric acid groups is 1. The largest absolute Gasteiger partial charge is 0.481 e. The van der Waals surface area contributed by atoms with Gasteiger partial charge in [0.15, 0.2) is 6.10 Å². The maximum Gasteiger partial charge on any atom is 0.472 e. The molecule has 12 nitrogen and oxygen atoms in total. The first-order valence-electron chi connectivity index (χ1n) is 16.6. The highest BCUT2D eigenvalue weighted by atomic mass is 31.2. The fraction of sp³-hybridized carbons (Fsp3) is 0.903. The van der Waals surface area contributed by atoms with Crippen molar-refractivity contribution >= 4 is 25.7 Å². The van der Waals surface area contributed by atoms with Gasteiger partial charge in [-0.3, -0.25) is 23.4 Å². The number of hydrogen-bond acceptors (Lipinski definition) is 10. The van der Waals surface area contributed by atoms with Crippen LogP contribution >= 0.6 is 7.82 Å². The fourth-order valence-corrected chi connectivity index (χ4v) is 5.22. The van der Waals surface area contributed by atoms with Gasteiger partial charge in [0.2, 0.25) is 0 Å². The first-order chi connectivity index (χ1) is 21.1. The van der Waals surface area contributed by atoms with Gasteiger partial charge in [-0.15, -0.1) is 0 Å². The van der Waals surface area contributed by atoms with E-state index in [-0.39, 0.29) is 25.9 Å². The molecule has 0 fully saturated rings. The summed E-state index contributed by atoms with van der Waals surface area (Å²) in [5.41, 5.74) is 0. The Labute approximate surface area is 263 Å². The van der Waals surface area contributed by atoms with Gasteiger partial charge >= 0.3 is 25.7 Å². The Bertz CT molecular complexity index is 779. The summed E-state index contributed by atoms with van der Waals surface area (Å²) in [5.74, 6) is -1.90. The Morgan fingerprint density at radius 3 is 1.55 bits per heavy atom. The lowest BCUT2D eigenvalue weighted by Gasteiger charge is -2.20. The molecule has 0 aliphatic carbocycles. The normalized spacial score (nSPS) is 14.1. The smallest absolute Gasteiger partial charge is 0.472 e. The van der Waals surface area contributed by atoms with Gasteiger partial charge in [0.05, 0.1) is 19.8 Å². The van der Waals surface area contributed by atoms with Crippen molar-refractivity contribution in [3.63, 3.8) is 0 Å². The number of carboxylic acids is 1. The van der Waals surface area contributed by atoms with E-state index in [4.69, 9.17) is 24.2 Å². The number of hydrogen-bond donors (Lipinski definition) is 4. The van der Waals surface area contributed by atoms with Crippen molar-refractivity contribution in [3.05, 3.63) is 0 Å². The van der Waals surface area contributed by atoms with E-state index in [1.54, 1.807) is 0 Å². The van der Waals surface area contributed by atoms with Crippen molar-refractivity contribution in [1.29, 1.82) is 0 Å². The van der Waals surface area contributed by atoms with Crippen molar-refractivity contribution in [2.75, 3.05) is 26.4 Å². The fourth-order valence-electron chi connectivity index (χ4n) is 4.43. The molecule has 0 spiro atoms. The van der Waals surface area contributed by atoms with Crippen LogP contribution in [0.15, 0.2) is 0 Å². The summed E-state index contributed by atoms with van der Waals surface area (Å²) in [6.07, 6.45) is 16.6. The number of unbranched alkanes of at least 4 members (excludes halogenated alkanes) is 16. The molecule has 0 aliphatic rings. The van der Waals surface area contributed by atoms with Crippen LogP contribution in [0.1, 0.15) is 142 Å². The molecule has 260 valence electrons. The van der Waals surface area contributed by atoms with Crippen LogP contribution in [-0.4, -0.2) is 76.8 Å². The van der Waals surface area contributed by atoms with E-state index in [1.807, 2.05) is 0 Å². The molecule has 0 rings (SSSR count). The first kappa shape index (κ1) is 42.4. The highest BCUT2D eigenvalue weighted by Gasteiger charge is 2.27. The number of carbonyl (C=O) groups excluding carboxylic acids is 2. The Balaban J connectivity index is 4.37. The molecule has 0 aromatic rings. The summed E-state index contributed by atoms with van der Waals surface area (Å²) in [5, 5.41) is 26.8. The second-order valence-corrected chi connectivity index (χ2v) is 12.8. The summed E-state index contributed by atoms with van der Waals surface area (Å²) >= 11 is 0. The van der Waals surface area contributed by atoms with E-state index in [0.717, 1.165) is 32.1 Å². The Kier molecular flexibility index (Phi) is 27.9. The van der Waals surface area contributed by atoms with Gasteiger partial charge in [-0.1, -0.05) is 103 Å². The predicted octanol–water partition coefficient (Wildman–Crippen LogP) is 6.22. The van der Waals surface area contributed by atoms with Crippen molar-refractivity contribution in [3.8, 4) is 0 Å². The molecule has 13 heteroatoms. The number of rotatable bonds is 32. The molecule has 3 atom stereocenters. The summed E-state index contributed by atoms with van der Waals surface area (Å²) in [4.78, 5) is 45.0. The third-order valence-corrected chi connectivity index (χ3v) is 8.00. The van der Waals surface area contributed by atoms with Crippen LogP contribution in [0.25, 0.3) is 0 Å². The van der Waals surface area contributed by atoms with Crippen molar-refractivity contribution in [2.45, 2.75) is 154 Å². The van der Waals surface area contributed by atoms with Gasteiger partial charge in [-0.2, -0.15) is 0 Å². The van der Waals surface area contributed by atoms with Gasteiger partial charge < -0.3 is 29.7 Å². The Morgan fingerprint density at radius 1 is 0.636 bits per heavy atom. The van der Waals surface area contributed by atoms with Crippen molar-refractivity contribution in [1.82, 2.24) is 0 Å². The standard InChI is InChI=1S/C31H59O12P/c1-2-3-4-5-6-7-8-9-10-11-12-15-18-21-30(36)40-25-28(26-42-44(38,39)41-24-27(33)23-32)43-31(37)22-19-16-13-14-17-20-29(34)35/h27-28,32-33H,2-26H2,1H3,(H,34,35)(H,38,39)/t27-,28+/m0/s1. The number of aliphatic hydroxyl groups is 2. The number of carboxylic acid groups (broad SMARTS) is 1. The number of ether oxygens (including phenoxy) is 2. The zero-order valence-corrected chi connectivity index (χ0v) is 27.7. The van der Waals surface area contributed by atoms with Gasteiger partial charge in [-0.05, 0) is 19.3 Å². The number of phosphoric ester groups is 1. The lowest BCUT2D eigenvalue weighted by Crippen LogP contribution is -2.29. The van der Waals surface area contributed by atoms with Crippen LogP contribution in [0.4, 0.5) is 0 Å². The topological polar surface area (TPSA) is 186 Å². The summed E-state index contributed by atoms with van der Waals surface area (Å²) in [7, 11) is -4.64. The number of carbonyl (C=O) groups is 3. The number of esters is 2. The minimum absolute atomic E-state index is 0.0678. The predicted molar refractivity (Wildman–Crippen MR) is 166 cm³/mol. The molecule has 0 heterocycles. The molecule has 0 bridgehead atoms. The minimum atomic E-state index is -4.64. The lowest BCUT2D eigenvalue weighted by atomic mass is 10.0. The second-order valence-electron chi connectivity index (χ2n) is 11.3. The SMILES string of the molecule is CCCCCCCCCCCCCCCC(=O)OC[C@H](COP(=O)(O)OC[C@@H](O)CO)OC(=O)CCCCCCCC(=O)O. The van der Waals surface area contributed by atoms with E-state index in [2.05, 4.69) is 11.4 Å². The second kappa shape index (κ2) is 28.9. The van der Waals surface area contributed by atoms with Crippen molar-refractivity contribution < 1.29 is 57.7 Å². The zero-order valence-electron chi connectivity index (χ0n) is 26.8. The third kappa shape index (κ3) is 29.2. The van der Waals surface area contributed by atoms with Crippen LogP contribution in [0, 0.1) is 0 Å². The molecule has 0 saturated carbocycles. The maximum absolute atomic E-state index is 12.3. The maximum atomic E-state index is 12.3. The molecule has 0 aromatic carbocycles. The van der Waals surface area contributed by atoms with Crippen LogP contribution in [0.3, 0.4) is 0 Å². The molecule has 0 aliphatic heterocycles. The van der Waals surface area contributed by atoms with Crippen molar-refractivity contribution in [2.24, 2.45) is 0 Å². The van der Waals surface area contributed by atoms with E-state index in [9.17, 15) is 28.9 Å². The molecule has 0 saturated heterocycles. The van der Waals surface area contributed by atoms with E-state index in [0.29, 0.717) is 25.7 Å². The van der Waals surface area contributed by atoms with Crippen LogP contribution in [-0.2, 0) is 37.5 Å². The van der Waals surface area contributed by atoms with Gasteiger partial charge in [0, 0.05) is 19.3 Å². The molecule has 4 N–H and O–H groups in total. The molecule has 44 heavy (non-hydrogen) atoms.